The van der Waals surface area contributed by atoms with Gasteiger partial charge in [0.1, 0.15) is 19.6 Å². The monoisotopic (exact) mass is 825 g/mol. The minimum Gasteiger partial charge on any atom is -0.480 e. The molecule has 20 nitrogen and oxygen atoms in total. The number of aliphatic carboxylic acids is 1. The summed E-state index contributed by atoms with van der Waals surface area (Å²) in [6.45, 7) is 1.26. The van der Waals surface area contributed by atoms with Crippen LogP contribution in [0, 0.1) is 0 Å². The van der Waals surface area contributed by atoms with E-state index >= 15 is 0 Å². The Morgan fingerprint density at radius 3 is 1.59 bits per heavy atom. The van der Waals surface area contributed by atoms with E-state index in [1.807, 2.05) is 0 Å². The zero-order chi connectivity index (χ0) is 43.9. The molecule has 0 aliphatic rings. The van der Waals surface area contributed by atoms with Gasteiger partial charge in [-0.1, -0.05) is 60.7 Å². The molecule has 0 fully saturated rings. The van der Waals surface area contributed by atoms with Gasteiger partial charge in [0.15, 0.2) is 0 Å². The highest BCUT2D eigenvalue weighted by Crippen LogP contribution is 2.20. The molecule has 0 aliphatic heterocycles. The summed E-state index contributed by atoms with van der Waals surface area (Å²) in [5.74, 6) is -5.97. The highest BCUT2D eigenvalue weighted by atomic mass is 16.5. The third kappa shape index (κ3) is 18.5. The number of methoxy groups -OCH3 is 1. The van der Waals surface area contributed by atoms with Crippen LogP contribution in [-0.4, -0.2) is 157 Å². The van der Waals surface area contributed by atoms with E-state index < -0.39 is 105 Å². The van der Waals surface area contributed by atoms with Gasteiger partial charge in [-0.25, -0.2) is 4.79 Å². The Bertz CT molecular complexity index is 1750. The highest BCUT2D eigenvalue weighted by Gasteiger charge is 2.27. The average molecular weight is 826 g/mol. The van der Waals surface area contributed by atoms with E-state index in [1.54, 1.807) is 81.4 Å². The molecule has 2 aromatic rings. The van der Waals surface area contributed by atoms with Gasteiger partial charge in [0.05, 0.1) is 38.8 Å². The first-order valence-corrected chi connectivity index (χ1v) is 18.8. The number of nitrogens with zero attached hydrogens (tertiary/aromatic N) is 4. The summed E-state index contributed by atoms with van der Waals surface area (Å²) in [4.78, 5) is 118. The Morgan fingerprint density at radius 1 is 0.627 bits per heavy atom. The van der Waals surface area contributed by atoms with E-state index in [4.69, 9.17) is 15.6 Å². The van der Waals surface area contributed by atoms with Crippen molar-refractivity contribution in [3.63, 3.8) is 0 Å². The second-order valence-electron chi connectivity index (χ2n) is 13.6. The average Bonchev–Trinajstić information content (AvgIpc) is 3.20. The number of benzene rings is 2. The van der Waals surface area contributed by atoms with Gasteiger partial charge >= 0.3 is 12.0 Å². The molecule has 9 amide bonds. The zero-order valence-corrected chi connectivity index (χ0v) is 33.8. The summed E-state index contributed by atoms with van der Waals surface area (Å²) in [5, 5.41) is 18.5. The number of urea groups is 1. The molecule has 7 N–H and O–H groups in total. The number of primary amides is 1. The van der Waals surface area contributed by atoms with Crippen LogP contribution < -0.4 is 27.0 Å². The van der Waals surface area contributed by atoms with Gasteiger partial charge in [0.25, 0.3) is 0 Å². The van der Waals surface area contributed by atoms with Gasteiger partial charge in [-0.2, -0.15) is 0 Å². The number of nitrogens with one attached hydrogen (secondary N) is 4. The molecule has 0 heterocycles. The summed E-state index contributed by atoms with van der Waals surface area (Å²) in [7, 11) is 1.47. The molecule has 1 atom stereocenters. The Balaban J connectivity index is 2.12. The van der Waals surface area contributed by atoms with Crippen molar-refractivity contribution in [3.8, 4) is 0 Å². The van der Waals surface area contributed by atoms with Gasteiger partial charge in [-0.15, -0.1) is 0 Å². The SMILES string of the molecule is COCCCN(CC(=O)NCC(=O)N(CC(=O)NCC(=O)N(CC(=O)NCC(=O)O)Cc1ccccc1)C(C)c1ccccc1)C(=O)CNC(=O)CN(C(N)=O)C(C)C. The van der Waals surface area contributed by atoms with Gasteiger partial charge < -0.3 is 56.4 Å². The van der Waals surface area contributed by atoms with E-state index in [0.29, 0.717) is 17.5 Å². The van der Waals surface area contributed by atoms with Crippen molar-refractivity contribution in [2.24, 2.45) is 5.73 Å². The molecule has 1 unspecified atom stereocenters. The van der Waals surface area contributed by atoms with Gasteiger partial charge in [-0.3, -0.25) is 38.4 Å². The lowest BCUT2D eigenvalue weighted by atomic mass is 10.1. The number of carboxylic acids is 1. The van der Waals surface area contributed by atoms with Crippen molar-refractivity contribution in [1.29, 1.82) is 0 Å². The Kier molecular flexibility index (Phi) is 21.1. The molecular formula is C39H55N9O11. The Hall–Kier alpha value is -6.57. The van der Waals surface area contributed by atoms with Crippen molar-refractivity contribution in [2.75, 3.05) is 72.6 Å². The van der Waals surface area contributed by atoms with Crippen LogP contribution in [0.25, 0.3) is 0 Å². The number of carboxylic acid groups (broad SMARTS) is 1. The Morgan fingerprint density at radius 2 is 1.08 bits per heavy atom. The molecule has 20 heteroatoms. The smallest absolute Gasteiger partial charge is 0.322 e. The number of rotatable bonds is 25. The second kappa shape index (κ2) is 25.6. The molecule has 0 saturated carbocycles. The van der Waals surface area contributed by atoms with Crippen molar-refractivity contribution < 1.29 is 53.0 Å². The van der Waals surface area contributed by atoms with Gasteiger partial charge in [-0.05, 0) is 38.3 Å². The van der Waals surface area contributed by atoms with Crippen LogP contribution in [-0.2, 0) is 49.6 Å². The molecule has 2 rings (SSSR count). The normalized spacial score (nSPS) is 11.1. The number of hydrogen-bond donors (Lipinski definition) is 6. The van der Waals surface area contributed by atoms with Crippen LogP contribution in [0.2, 0.25) is 0 Å². The van der Waals surface area contributed by atoms with Crippen molar-refractivity contribution >= 4 is 53.4 Å². The summed E-state index contributed by atoms with van der Waals surface area (Å²) in [6, 6.07) is 15.6. The standard InChI is InChI=1S/C39H55N9O11/c1-27(2)47(39(40)58)25-33(51)41-18-35(53)45(16-11-17-59-4)23-31(49)43-20-37(55)48(28(3)30-14-9-6-10-15-30)26-34(52)42-19-36(54)46(22-29-12-7-5-8-13-29)24-32(50)44-21-38(56)57/h5-10,12-15,27-28H,11,16-26H2,1-4H3,(H2,40,58)(H,41,51)(H,42,52)(H,43,49)(H,44,50)(H,56,57). The molecule has 2 aromatic carbocycles. The van der Waals surface area contributed by atoms with Crippen molar-refractivity contribution in [1.82, 2.24) is 40.9 Å². The number of hydrogen-bond acceptors (Lipinski definition) is 10. The van der Waals surface area contributed by atoms with Crippen LogP contribution in [0.3, 0.4) is 0 Å². The van der Waals surface area contributed by atoms with Gasteiger partial charge in [0, 0.05) is 32.8 Å². The third-order valence-corrected chi connectivity index (χ3v) is 8.72. The largest absolute Gasteiger partial charge is 0.480 e. The molecule has 0 saturated heterocycles. The minimum absolute atomic E-state index is 0.0105. The van der Waals surface area contributed by atoms with Crippen molar-refractivity contribution in [3.05, 3.63) is 71.8 Å². The van der Waals surface area contributed by atoms with Crippen molar-refractivity contribution in [2.45, 2.75) is 45.8 Å². The first-order chi connectivity index (χ1) is 28.0. The first kappa shape index (κ1) is 48.6. The molecule has 0 aromatic heterocycles. The molecule has 0 bridgehead atoms. The maximum absolute atomic E-state index is 13.7. The maximum atomic E-state index is 13.7. The van der Waals surface area contributed by atoms with E-state index in [9.17, 15) is 43.2 Å². The summed E-state index contributed by atoms with van der Waals surface area (Å²) in [6.07, 6.45) is 0.354. The van der Waals surface area contributed by atoms with E-state index in [2.05, 4.69) is 21.3 Å². The topological polar surface area (TPSA) is 270 Å². The molecule has 322 valence electrons. The molecule has 59 heavy (non-hydrogen) atoms. The van der Waals surface area contributed by atoms with Crippen LogP contribution in [0.1, 0.15) is 44.4 Å². The third-order valence-electron chi connectivity index (χ3n) is 8.72. The fourth-order valence-corrected chi connectivity index (χ4v) is 5.50. The predicted molar refractivity (Wildman–Crippen MR) is 213 cm³/mol. The lowest BCUT2D eigenvalue weighted by Gasteiger charge is -2.30. The molecular weight excluding hydrogens is 770 g/mol. The molecule has 0 spiro atoms. The fourth-order valence-electron chi connectivity index (χ4n) is 5.50. The number of ether oxygens (including phenoxy) is 1. The quantitative estimate of drug-likeness (QED) is 0.0648. The Labute approximate surface area is 342 Å². The van der Waals surface area contributed by atoms with Crippen LogP contribution >= 0.6 is 0 Å². The minimum atomic E-state index is -1.26. The fraction of sp³-hybridized carbons (Fsp3) is 0.462. The number of carbonyl (C=O) groups excluding carboxylic acids is 8. The van der Waals surface area contributed by atoms with Crippen LogP contribution in [0.15, 0.2) is 60.7 Å². The maximum Gasteiger partial charge on any atom is 0.322 e. The van der Waals surface area contributed by atoms with E-state index in [0.717, 1.165) is 9.80 Å². The van der Waals surface area contributed by atoms with Crippen LogP contribution in [0.4, 0.5) is 4.79 Å². The highest BCUT2D eigenvalue weighted by molar-refractivity contribution is 5.93. The van der Waals surface area contributed by atoms with Crippen LogP contribution in [0.5, 0.6) is 0 Å². The lowest BCUT2D eigenvalue weighted by molar-refractivity contribution is -0.141. The predicted octanol–water partition coefficient (Wildman–Crippen LogP) is -1.19. The van der Waals surface area contributed by atoms with E-state index in [-0.39, 0.29) is 32.3 Å². The number of carbonyl (C=O) groups is 9. The van der Waals surface area contributed by atoms with Gasteiger partial charge in [0.2, 0.25) is 41.4 Å². The number of amides is 9. The molecule has 0 radical (unpaired) electrons. The first-order valence-electron chi connectivity index (χ1n) is 18.8. The lowest BCUT2D eigenvalue weighted by Crippen LogP contribution is -2.51. The summed E-state index contributed by atoms with van der Waals surface area (Å²) in [5.41, 5.74) is 6.67. The summed E-state index contributed by atoms with van der Waals surface area (Å²) < 4.78 is 5.06. The second-order valence-corrected chi connectivity index (χ2v) is 13.6. The zero-order valence-electron chi connectivity index (χ0n) is 33.8. The summed E-state index contributed by atoms with van der Waals surface area (Å²) >= 11 is 0. The van der Waals surface area contributed by atoms with E-state index in [1.165, 1.54) is 16.9 Å². The molecule has 0 aliphatic carbocycles. The number of nitrogens with two attached hydrogens (primary N) is 1.